The van der Waals surface area contributed by atoms with Gasteiger partial charge in [0.1, 0.15) is 5.82 Å². The average molecular weight is 243 g/mol. The molecule has 4 nitrogen and oxygen atoms in total. The van der Waals surface area contributed by atoms with E-state index >= 15 is 0 Å². The molecule has 0 bridgehead atoms. The zero-order valence-electron chi connectivity index (χ0n) is 10.5. The van der Waals surface area contributed by atoms with Crippen LogP contribution in [-0.2, 0) is 6.54 Å². The first-order valence-corrected chi connectivity index (χ1v) is 6.14. The van der Waals surface area contributed by atoms with Gasteiger partial charge in [-0.15, -0.1) is 0 Å². The smallest absolute Gasteiger partial charge is 0.250 e. The Morgan fingerprint density at radius 3 is 2.94 bits per heavy atom. The lowest BCUT2D eigenvalue weighted by molar-refractivity contribution is 0.756. The maximum Gasteiger partial charge on any atom is 0.250 e. The summed E-state index contributed by atoms with van der Waals surface area (Å²) in [7, 11) is 0. The molecule has 2 rings (SSSR count). The number of hydrogen-bond donors (Lipinski definition) is 1. The Morgan fingerprint density at radius 2 is 2.17 bits per heavy atom. The normalized spacial score (nSPS) is 10.3. The van der Waals surface area contributed by atoms with Crippen molar-refractivity contribution in [2.75, 3.05) is 11.9 Å². The van der Waals surface area contributed by atoms with Crippen molar-refractivity contribution in [3.05, 3.63) is 58.6 Å². The molecule has 4 heteroatoms. The highest BCUT2D eigenvalue weighted by Gasteiger charge is 2.03. The van der Waals surface area contributed by atoms with Crippen molar-refractivity contribution in [2.24, 2.45) is 0 Å². The first-order valence-electron chi connectivity index (χ1n) is 6.14. The number of nitrogens with one attached hydrogen (secondary N) is 1. The van der Waals surface area contributed by atoms with E-state index in [0.29, 0.717) is 6.54 Å². The van der Waals surface area contributed by atoms with Crippen LogP contribution in [0.1, 0.15) is 18.9 Å². The molecule has 0 saturated heterocycles. The molecule has 2 heterocycles. The first-order chi connectivity index (χ1) is 8.81. The largest absolute Gasteiger partial charge is 0.370 e. The molecule has 94 valence electrons. The lowest BCUT2D eigenvalue weighted by Gasteiger charge is -2.11. The predicted molar refractivity (Wildman–Crippen MR) is 72.8 cm³/mol. The van der Waals surface area contributed by atoms with E-state index in [1.807, 2.05) is 18.2 Å². The Morgan fingerprint density at radius 1 is 1.28 bits per heavy atom. The van der Waals surface area contributed by atoms with Crippen LogP contribution in [0.5, 0.6) is 0 Å². The molecule has 0 aromatic carbocycles. The monoisotopic (exact) mass is 243 g/mol. The Bertz CT molecular complexity index is 563. The van der Waals surface area contributed by atoms with E-state index in [0.717, 1.165) is 24.3 Å². The zero-order chi connectivity index (χ0) is 12.8. The van der Waals surface area contributed by atoms with Crippen molar-refractivity contribution in [3.8, 4) is 0 Å². The highest BCUT2D eigenvalue weighted by Crippen LogP contribution is 2.12. The van der Waals surface area contributed by atoms with Gasteiger partial charge in [-0.05, 0) is 18.6 Å². The van der Waals surface area contributed by atoms with Crippen LogP contribution in [0.25, 0.3) is 0 Å². The van der Waals surface area contributed by atoms with Crippen LogP contribution in [0.2, 0.25) is 0 Å². The minimum Gasteiger partial charge on any atom is -0.370 e. The third-order valence-electron chi connectivity index (χ3n) is 2.67. The Labute approximate surface area is 106 Å². The molecule has 0 aliphatic heterocycles. The molecule has 0 radical (unpaired) electrons. The van der Waals surface area contributed by atoms with E-state index in [-0.39, 0.29) is 5.56 Å². The summed E-state index contributed by atoms with van der Waals surface area (Å²) in [5.41, 5.74) is 1.03. The van der Waals surface area contributed by atoms with E-state index in [4.69, 9.17) is 0 Å². The topological polar surface area (TPSA) is 46.9 Å². The SMILES string of the molecule is CCCNc1ncccc1Cn1ccccc1=O. The Balaban J connectivity index is 2.23. The Hall–Kier alpha value is -2.10. The number of anilines is 1. The molecule has 0 unspecified atom stereocenters. The van der Waals surface area contributed by atoms with Crippen LogP contribution in [-0.4, -0.2) is 16.1 Å². The first kappa shape index (κ1) is 12.4. The third kappa shape index (κ3) is 2.97. The van der Waals surface area contributed by atoms with Gasteiger partial charge in [-0.25, -0.2) is 4.98 Å². The fourth-order valence-corrected chi connectivity index (χ4v) is 1.74. The zero-order valence-corrected chi connectivity index (χ0v) is 10.5. The molecule has 0 aliphatic carbocycles. The molecule has 1 N–H and O–H groups in total. The van der Waals surface area contributed by atoms with Gasteiger partial charge in [0.25, 0.3) is 5.56 Å². The highest BCUT2D eigenvalue weighted by atomic mass is 16.1. The molecule has 0 spiro atoms. The van der Waals surface area contributed by atoms with E-state index in [9.17, 15) is 4.79 Å². The second kappa shape index (κ2) is 6.00. The summed E-state index contributed by atoms with van der Waals surface area (Å²) in [5, 5.41) is 3.28. The number of rotatable bonds is 5. The van der Waals surface area contributed by atoms with E-state index in [1.54, 1.807) is 29.1 Å². The van der Waals surface area contributed by atoms with Gasteiger partial charge in [0, 0.05) is 30.6 Å². The molecule has 0 atom stereocenters. The van der Waals surface area contributed by atoms with Crippen LogP contribution < -0.4 is 10.9 Å². The molecule has 2 aromatic heterocycles. The second-order valence-electron chi connectivity index (χ2n) is 4.10. The van der Waals surface area contributed by atoms with Gasteiger partial charge in [-0.1, -0.05) is 19.1 Å². The van der Waals surface area contributed by atoms with Crippen molar-refractivity contribution in [1.29, 1.82) is 0 Å². The maximum atomic E-state index is 11.7. The van der Waals surface area contributed by atoms with Gasteiger partial charge in [0.15, 0.2) is 0 Å². The van der Waals surface area contributed by atoms with E-state index in [2.05, 4.69) is 17.2 Å². The fourth-order valence-electron chi connectivity index (χ4n) is 1.74. The van der Waals surface area contributed by atoms with E-state index < -0.39 is 0 Å². The van der Waals surface area contributed by atoms with Crippen molar-refractivity contribution in [3.63, 3.8) is 0 Å². The van der Waals surface area contributed by atoms with Gasteiger partial charge in [0.05, 0.1) is 6.54 Å². The summed E-state index contributed by atoms with van der Waals surface area (Å²) in [5.74, 6) is 0.857. The van der Waals surface area contributed by atoms with Crippen molar-refractivity contribution in [1.82, 2.24) is 9.55 Å². The van der Waals surface area contributed by atoms with Crippen LogP contribution in [0, 0.1) is 0 Å². The maximum absolute atomic E-state index is 11.7. The van der Waals surface area contributed by atoms with Gasteiger partial charge in [-0.2, -0.15) is 0 Å². The Kier molecular flexibility index (Phi) is 4.12. The highest BCUT2D eigenvalue weighted by molar-refractivity contribution is 5.43. The predicted octanol–water partition coefficient (Wildman–Crippen LogP) is 2.11. The minimum atomic E-state index is 0.00259. The van der Waals surface area contributed by atoms with Crippen molar-refractivity contribution >= 4 is 5.82 Å². The summed E-state index contributed by atoms with van der Waals surface area (Å²) < 4.78 is 1.67. The number of aromatic nitrogens is 2. The molecule has 2 aromatic rings. The van der Waals surface area contributed by atoms with Gasteiger partial charge < -0.3 is 9.88 Å². The average Bonchev–Trinajstić information content (AvgIpc) is 2.40. The molecular weight excluding hydrogens is 226 g/mol. The second-order valence-corrected chi connectivity index (χ2v) is 4.10. The number of pyridine rings is 2. The molecule has 0 fully saturated rings. The molecule has 0 saturated carbocycles. The summed E-state index contributed by atoms with van der Waals surface area (Å²) >= 11 is 0. The number of hydrogen-bond acceptors (Lipinski definition) is 3. The molecule has 0 aliphatic rings. The summed E-state index contributed by atoms with van der Waals surface area (Å²) in [4.78, 5) is 16.0. The lowest BCUT2D eigenvalue weighted by atomic mass is 10.2. The molecule has 18 heavy (non-hydrogen) atoms. The summed E-state index contributed by atoms with van der Waals surface area (Å²) in [6.45, 7) is 3.53. The van der Waals surface area contributed by atoms with Gasteiger partial charge >= 0.3 is 0 Å². The van der Waals surface area contributed by atoms with Crippen molar-refractivity contribution in [2.45, 2.75) is 19.9 Å². The fraction of sp³-hybridized carbons (Fsp3) is 0.286. The third-order valence-corrected chi connectivity index (χ3v) is 2.67. The summed E-state index contributed by atoms with van der Waals surface area (Å²) in [6.07, 6.45) is 4.59. The van der Waals surface area contributed by atoms with Crippen LogP contribution in [0.3, 0.4) is 0 Å². The minimum absolute atomic E-state index is 0.00259. The number of nitrogens with zero attached hydrogens (tertiary/aromatic N) is 2. The quantitative estimate of drug-likeness (QED) is 0.875. The van der Waals surface area contributed by atoms with Crippen LogP contribution >= 0.6 is 0 Å². The van der Waals surface area contributed by atoms with Gasteiger partial charge in [-0.3, -0.25) is 4.79 Å². The van der Waals surface area contributed by atoms with Crippen LogP contribution in [0.15, 0.2) is 47.5 Å². The van der Waals surface area contributed by atoms with Crippen molar-refractivity contribution < 1.29 is 0 Å². The molecule has 0 amide bonds. The van der Waals surface area contributed by atoms with Crippen LogP contribution in [0.4, 0.5) is 5.82 Å². The van der Waals surface area contributed by atoms with E-state index in [1.165, 1.54) is 0 Å². The molecular formula is C14H17N3O. The van der Waals surface area contributed by atoms with Gasteiger partial charge in [0.2, 0.25) is 0 Å². The standard InChI is InChI=1S/C14H17N3O/c1-2-8-15-14-12(6-5-9-16-14)11-17-10-4-3-7-13(17)18/h3-7,9-10H,2,8,11H2,1H3,(H,15,16). The lowest BCUT2D eigenvalue weighted by Crippen LogP contribution is -2.19. The summed E-state index contributed by atoms with van der Waals surface area (Å²) in [6, 6.07) is 9.05.